The molecule has 0 aromatic heterocycles. The van der Waals surface area contributed by atoms with Crippen molar-refractivity contribution in [3.8, 4) is 5.75 Å². The third-order valence-electron chi connectivity index (χ3n) is 2.03. The molecule has 0 saturated heterocycles. The van der Waals surface area contributed by atoms with Gasteiger partial charge in [-0.3, -0.25) is 0 Å². The van der Waals surface area contributed by atoms with Crippen molar-refractivity contribution in [3.63, 3.8) is 0 Å². The number of aliphatic hydroxyl groups excluding tert-OH is 1. The zero-order valence-corrected chi connectivity index (χ0v) is 9.64. The molecule has 0 aliphatic carbocycles. The molecule has 0 saturated carbocycles. The molecule has 3 nitrogen and oxygen atoms in total. The van der Waals surface area contributed by atoms with E-state index in [9.17, 15) is 13.2 Å². The van der Waals surface area contributed by atoms with E-state index >= 15 is 0 Å². The van der Waals surface area contributed by atoms with Gasteiger partial charge in [-0.25, -0.2) is 0 Å². The summed E-state index contributed by atoms with van der Waals surface area (Å²) < 4.78 is 41.0. The Morgan fingerprint density at radius 1 is 1.47 bits per heavy atom. The normalized spacial score (nSPS) is 13.3. The van der Waals surface area contributed by atoms with E-state index in [0.29, 0.717) is 16.5 Å². The van der Waals surface area contributed by atoms with Gasteiger partial charge in [-0.1, -0.05) is 11.6 Å². The first-order valence-electron chi connectivity index (χ1n) is 4.67. The quantitative estimate of drug-likeness (QED) is 0.883. The van der Waals surface area contributed by atoms with Crippen molar-refractivity contribution < 1.29 is 23.0 Å². The lowest BCUT2D eigenvalue weighted by molar-refractivity contribution is -0.198. The van der Waals surface area contributed by atoms with Crippen LogP contribution in [0.15, 0.2) is 18.2 Å². The topological polar surface area (TPSA) is 41.5 Å². The lowest BCUT2D eigenvalue weighted by Crippen LogP contribution is -2.34. The number of anilines is 1. The van der Waals surface area contributed by atoms with E-state index in [1.807, 2.05) is 0 Å². The Morgan fingerprint density at radius 2 is 2.12 bits per heavy atom. The van der Waals surface area contributed by atoms with Gasteiger partial charge in [0.25, 0.3) is 0 Å². The summed E-state index contributed by atoms with van der Waals surface area (Å²) in [5.41, 5.74) is 0.384. The molecule has 1 aromatic carbocycles. The Hall–Kier alpha value is -1.14. The minimum Gasteiger partial charge on any atom is -0.495 e. The lowest BCUT2D eigenvalue weighted by Gasteiger charge is -2.16. The standard InChI is InChI=1S/C10H11ClF3NO2/c1-17-8-4-6(2-3-7(8)11)15-5-9(16)10(12,13)14/h2-4,9,15-16H,5H2,1H3. The number of methoxy groups -OCH3 is 1. The smallest absolute Gasteiger partial charge is 0.416 e. The Kier molecular flexibility index (Phi) is 4.47. The molecule has 1 atom stereocenters. The van der Waals surface area contributed by atoms with E-state index < -0.39 is 18.8 Å². The number of hydrogen-bond donors (Lipinski definition) is 2. The molecular weight excluding hydrogens is 259 g/mol. The molecule has 0 aliphatic rings. The zero-order valence-electron chi connectivity index (χ0n) is 8.88. The summed E-state index contributed by atoms with van der Waals surface area (Å²) in [7, 11) is 1.40. The first kappa shape index (κ1) is 13.9. The van der Waals surface area contributed by atoms with Gasteiger partial charge in [0.1, 0.15) is 5.75 Å². The molecule has 96 valence electrons. The van der Waals surface area contributed by atoms with Crippen molar-refractivity contribution >= 4 is 17.3 Å². The number of alkyl halides is 3. The average Bonchev–Trinajstić information content (AvgIpc) is 2.26. The molecule has 1 aromatic rings. The monoisotopic (exact) mass is 269 g/mol. The van der Waals surface area contributed by atoms with Crippen molar-refractivity contribution in [2.24, 2.45) is 0 Å². The molecule has 7 heteroatoms. The van der Waals surface area contributed by atoms with Crippen LogP contribution in [0.2, 0.25) is 5.02 Å². The highest BCUT2D eigenvalue weighted by Crippen LogP contribution is 2.28. The number of benzene rings is 1. The molecule has 0 fully saturated rings. The van der Waals surface area contributed by atoms with Crippen LogP contribution in [0.3, 0.4) is 0 Å². The second kappa shape index (κ2) is 5.46. The maximum absolute atomic E-state index is 12.0. The second-order valence-electron chi connectivity index (χ2n) is 3.29. The Bertz CT molecular complexity index is 384. The maximum atomic E-state index is 12.0. The lowest BCUT2D eigenvalue weighted by atomic mass is 10.2. The van der Waals surface area contributed by atoms with E-state index in [1.54, 1.807) is 0 Å². The first-order chi connectivity index (χ1) is 7.84. The second-order valence-corrected chi connectivity index (χ2v) is 3.69. The molecule has 1 unspecified atom stereocenters. The summed E-state index contributed by atoms with van der Waals surface area (Å²) in [6.07, 6.45) is -7.05. The van der Waals surface area contributed by atoms with Crippen molar-refractivity contribution in [3.05, 3.63) is 23.2 Å². The Balaban J connectivity index is 2.64. The van der Waals surface area contributed by atoms with Crippen LogP contribution in [-0.4, -0.2) is 31.0 Å². The number of ether oxygens (including phenoxy) is 1. The van der Waals surface area contributed by atoms with Gasteiger partial charge in [-0.15, -0.1) is 0 Å². The molecule has 0 aliphatic heterocycles. The highest BCUT2D eigenvalue weighted by atomic mass is 35.5. The van der Waals surface area contributed by atoms with Crippen LogP contribution in [-0.2, 0) is 0 Å². The molecule has 0 radical (unpaired) electrons. The molecule has 0 bridgehead atoms. The van der Waals surface area contributed by atoms with Crippen molar-refractivity contribution in [1.82, 2.24) is 0 Å². The van der Waals surface area contributed by atoms with Gasteiger partial charge in [0.15, 0.2) is 6.10 Å². The van der Waals surface area contributed by atoms with Crippen LogP contribution in [0.5, 0.6) is 5.75 Å². The highest BCUT2D eigenvalue weighted by molar-refractivity contribution is 6.32. The number of aliphatic hydroxyl groups is 1. The van der Waals surface area contributed by atoms with Gasteiger partial charge in [0, 0.05) is 18.3 Å². The van der Waals surface area contributed by atoms with E-state index in [4.69, 9.17) is 21.4 Å². The number of rotatable bonds is 4. The molecule has 0 amide bonds. The average molecular weight is 270 g/mol. The molecule has 17 heavy (non-hydrogen) atoms. The van der Waals surface area contributed by atoms with E-state index in [-0.39, 0.29) is 0 Å². The van der Waals surface area contributed by atoms with Gasteiger partial charge in [-0.2, -0.15) is 13.2 Å². The predicted octanol–water partition coefficient (Wildman–Crippen LogP) is 2.68. The van der Waals surface area contributed by atoms with Crippen LogP contribution < -0.4 is 10.1 Å². The summed E-state index contributed by atoms with van der Waals surface area (Å²) in [6, 6.07) is 4.43. The van der Waals surface area contributed by atoms with Crippen molar-refractivity contribution in [2.75, 3.05) is 19.0 Å². The molecule has 1 rings (SSSR count). The summed E-state index contributed by atoms with van der Waals surface area (Å²) >= 11 is 5.75. The minimum atomic E-state index is -4.64. The SMILES string of the molecule is COc1cc(NCC(O)C(F)(F)F)ccc1Cl. The van der Waals surface area contributed by atoms with Gasteiger partial charge < -0.3 is 15.2 Å². The fourth-order valence-corrected chi connectivity index (χ4v) is 1.29. The van der Waals surface area contributed by atoms with Crippen LogP contribution in [0.1, 0.15) is 0 Å². The summed E-state index contributed by atoms with van der Waals surface area (Å²) in [6.45, 7) is -0.631. The number of halogens is 4. The molecule has 0 spiro atoms. The van der Waals surface area contributed by atoms with Gasteiger partial charge >= 0.3 is 6.18 Å². The third-order valence-corrected chi connectivity index (χ3v) is 2.34. The third kappa shape index (κ3) is 3.98. The number of hydrogen-bond acceptors (Lipinski definition) is 3. The van der Waals surface area contributed by atoms with E-state index in [2.05, 4.69) is 5.32 Å². The number of nitrogens with one attached hydrogen (secondary N) is 1. The van der Waals surface area contributed by atoms with Gasteiger partial charge in [-0.05, 0) is 12.1 Å². The van der Waals surface area contributed by atoms with Gasteiger partial charge in [0.2, 0.25) is 0 Å². The summed E-state index contributed by atoms with van der Waals surface area (Å²) in [5.74, 6) is 0.346. The maximum Gasteiger partial charge on any atom is 0.416 e. The zero-order chi connectivity index (χ0) is 13.1. The Labute approximate surface area is 101 Å². The largest absolute Gasteiger partial charge is 0.495 e. The Morgan fingerprint density at radius 3 is 2.65 bits per heavy atom. The molecule has 0 heterocycles. The molecule has 2 N–H and O–H groups in total. The summed E-state index contributed by atoms with van der Waals surface area (Å²) in [5, 5.41) is 11.6. The van der Waals surface area contributed by atoms with Crippen LogP contribution in [0.25, 0.3) is 0 Å². The van der Waals surface area contributed by atoms with Crippen LogP contribution in [0, 0.1) is 0 Å². The predicted molar refractivity (Wildman–Crippen MR) is 58.6 cm³/mol. The molecular formula is C10H11ClF3NO2. The van der Waals surface area contributed by atoms with Crippen LogP contribution in [0.4, 0.5) is 18.9 Å². The van der Waals surface area contributed by atoms with Crippen LogP contribution >= 0.6 is 11.6 Å². The fourth-order valence-electron chi connectivity index (χ4n) is 1.10. The fraction of sp³-hybridized carbons (Fsp3) is 0.400. The highest BCUT2D eigenvalue weighted by Gasteiger charge is 2.37. The van der Waals surface area contributed by atoms with E-state index in [0.717, 1.165) is 0 Å². The minimum absolute atomic E-state index is 0.346. The van der Waals surface area contributed by atoms with Crippen molar-refractivity contribution in [2.45, 2.75) is 12.3 Å². The van der Waals surface area contributed by atoms with Crippen molar-refractivity contribution in [1.29, 1.82) is 0 Å². The van der Waals surface area contributed by atoms with Gasteiger partial charge in [0.05, 0.1) is 12.1 Å². The summed E-state index contributed by atoms with van der Waals surface area (Å²) in [4.78, 5) is 0. The first-order valence-corrected chi connectivity index (χ1v) is 5.04. The van der Waals surface area contributed by atoms with E-state index in [1.165, 1.54) is 25.3 Å².